The summed E-state index contributed by atoms with van der Waals surface area (Å²) in [5, 5.41) is 5.64. The van der Waals surface area contributed by atoms with Crippen molar-refractivity contribution in [2.24, 2.45) is 0 Å². The van der Waals surface area contributed by atoms with Crippen molar-refractivity contribution < 1.29 is 14.0 Å². The van der Waals surface area contributed by atoms with Crippen molar-refractivity contribution in [2.75, 3.05) is 22.1 Å². The Kier molecular flexibility index (Phi) is 6.27. The number of rotatable bonds is 7. The van der Waals surface area contributed by atoms with Crippen LogP contribution in [-0.2, 0) is 9.59 Å². The molecule has 1 heterocycles. The fraction of sp³-hybridized carbons (Fsp3) is 0.150. The predicted octanol–water partition coefficient (Wildman–Crippen LogP) is 3.96. The number of hydrogen-bond acceptors (Lipinski definition) is 5. The summed E-state index contributed by atoms with van der Waals surface area (Å²) in [6.45, 7) is 1.96. The third kappa shape index (κ3) is 5.72. The summed E-state index contributed by atoms with van der Waals surface area (Å²) in [5.41, 5.74) is 3.33. The maximum Gasteiger partial charge on any atom is 0.234 e. The number of thioether (sulfide) groups is 1. The van der Waals surface area contributed by atoms with Crippen LogP contribution in [0.1, 0.15) is 5.56 Å². The molecule has 3 aromatic rings. The first-order chi connectivity index (χ1) is 13.1. The van der Waals surface area contributed by atoms with Gasteiger partial charge in [0.2, 0.25) is 11.8 Å². The Morgan fingerprint density at radius 1 is 1.00 bits per heavy atom. The lowest BCUT2D eigenvalue weighted by Gasteiger charge is -2.07. The molecule has 0 spiro atoms. The molecule has 0 unspecified atom stereocenters. The molecule has 27 heavy (non-hydrogen) atoms. The Morgan fingerprint density at radius 2 is 1.67 bits per heavy atom. The summed E-state index contributed by atoms with van der Waals surface area (Å²) in [4.78, 5) is 27.9. The highest BCUT2D eigenvalue weighted by Gasteiger charge is 2.08. The van der Waals surface area contributed by atoms with Crippen molar-refractivity contribution in [3.05, 3.63) is 66.7 Å². The first-order valence-electron chi connectivity index (χ1n) is 8.33. The molecule has 2 aromatic carbocycles. The van der Waals surface area contributed by atoms with E-state index in [-0.39, 0.29) is 23.3 Å². The van der Waals surface area contributed by atoms with E-state index < -0.39 is 0 Å². The average molecular weight is 381 g/mol. The highest BCUT2D eigenvalue weighted by molar-refractivity contribution is 8.00. The summed E-state index contributed by atoms with van der Waals surface area (Å²) < 4.78 is 5.25. The molecule has 0 fully saturated rings. The summed E-state index contributed by atoms with van der Waals surface area (Å²) in [5.74, 6) is 0.727. The number of nitrogens with one attached hydrogen (secondary N) is 2. The number of benzene rings is 2. The van der Waals surface area contributed by atoms with Crippen LogP contribution >= 0.6 is 11.8 Å². The third-order valence-electron chi connectivity index (χ3n) is 3.63. The Balaban J connectivity index is 1.44. The van der Waals surface area contributed by atoms with E-state index in [1.54, 1.807) is 12.3 Å². The zero-order valence-corrected chi connectivity index (χ0v) is 15.6. The van der Waals surface area contributed by atoms with Crippen LogP contribution in [0, 0.1) is 6.92 Å². The number of aryl methyl sites for hydroxylation is 1. The minimum atomic E-state index is -0.168. The molecule has 138 valence electrons. The summed E-state index contributed by atoms with van der Waals surface area (Å²) in [6, 6.07) is 14.9. The maximum atomic E-state index is 12.1. The monoisotopic (exact) mass is 381 g/mol. The fourth-order valence-corrected chi connectivity index (χ4v) is 3.08. The lowest BCUT2D eigenvalue weighted by atomic mass is 10.1. The highest BCUT2D eigenvalue weighted by Crippen LogP contribution is 2.22. The standard InChI is InChI=1S/C20H19N3O3S/c1-14-4-2-6-16(8-14)22-19(24)11-27-12-20(25)23-17-7-3-5-15(9-17)18-10-21-13-26-18/h2-10,13H,11-12H2,1H3,(H,22,24)(H,23,25). The van der Waals surface area contributed by atoms with Crippen molar-refractivity contribution >= 4 is 35.0 Å². The molecule has 2 N–H and O–H groups in total. The summed E-state index contributed by atoms with van der Waals surface area (Å²) in [7, 11) is 0. The lowest BCUT2D eigenvalue weighted by molar-refractivity contribution is -0.114. The molecule has 2 amide bonds. The van der Waals surface area contributed by atoms with E-state index in [0.29, 0.717) is 11.4 Å². The van der Waals surface area contributed by atoms with Crippen LogP contribution in [0.25, 0.3) is 11.3 Å². The smallest absolute Gasteiger partial charge is 0.234 e. The van der Waals surface area contributed by atoms with Crippen LogP contribution < -0.4 is 10.6 Å². The van der Waals surface area contributed by atoms with Gasteiger partial charge < -0.3 is 15.1 Å². The van der Waals surface area contributed by atoms with E-state index in [0.717, 1.165) is 16.8 Å². The van der Waals surface area contributed by atoms with Gasteiger partial charge in [0.15, 0.2) is 12.2 Å². The maximum absolute atomic E-state index is 12.1. The number of amides is 2. The second-order valence-electron chi connectivity index (χ2n) is 5.91. The number of hydrogen-bond donors (Lipinski definition) is 2. The van der Waals surface area contributed by atoms with E-state index >= 15 is 0 Å². The van der Waals surface area contributed by atoms with E-state index in [1.165, 1.54) is 18.2 Å². The topological polar surface area (TPSA) is 84.2 Å². The van der Waals surface area contributed by atoms with Gasteiger partial charge in [-0.05, 0) is 36.8 Å². The number of nitrogens with zero attached hydrogens (tertiary/aromatic N) is 1. The minimum Gasteiger partial charge on any atom is -0.444 e. The summed E-state index contributed by atoms with van der Waals surface area (Å²) in [6.07, 6.45) is 2.97. The van der Waals surface area contributed by atoms with Crippen molar-refractivity contribution in [3.8, 4) is 11.3 Å². The molecule has 0 radical (unpaired) electrons. The third-order valence-corrected chi connectivity index (χ3v) is 4.56. The molecule has 1 aromatic heterocycles. The normalized spacial score (nSPS) is 10.4. The van der Waals surface area contributed by atoms with Gasteiger partial charge in [-0.1, -0.05) is 24.3 Å². The van der Waals surface area contributed by atoms with Gasteiger partial charge in [-0.3, -0.25) is 9.59 Å². The van der Waals surface area contributed by atoms with Crippen LogP contribution in [0.2, 0.25) is 0 Å². The van der Waals surface area contributed by atoms with E-state index in [2.05, 4.69) is 15.6 Å². The molecule has 7 heteroatoms. The lowest BCUT2D eigenvalue weighted by Crippen LogP contribution is -2.18. The molecule has 0 aliphatic rings. The Labute approximate surface area is 161 Å². The first-order valence-corrected chi connectivity index (χ1v) is 9.49. The van der Waals surface area contributed by atoms with Gasteiger partial charge in [0.25, 0.3) is 0 Å². The van der Waals surface area contributed by atoms with E-state index in [4.69, 9.17) is 4.42 Å². The molecule has 0 bridgehead atoms. The second-order valence-corrected chi connectivity index (χ2v) is 6.89. The number of oxazole rings is 1. The molecule has 0 aliphatic carbocycles. The molecular weight excluding hydrogens is 362 g/mol. The zero-order valence-electron chi connectivity index (χ0n) is 14.8. The Hall–Kier alpha value is -3.06. The first kappa shape index (κ1) is 18.7. The van der Waals surface area contributed by atoms with Gasteiger partial charge in [-0.25, -0.2) is 4.98 Å². The molecule has 6 nitrogen and oxygen atoms in total. The van der Waals surface area contributed by atoms with Crippen LogP contribution in [0.3, 0.4) is 0 Å². The van der Waals surface area contributed by atoms with Crippen LogP contribution in [0.4, 0.5) is 11.4 Å². The average Bonchev–Trinajstić information content (AvgIpc) is 3.16. The minimum absolute atomic E-state index is 0.134. The fourth-order valence-electron chi connectivity index (χ4n) is 2.46. The van der Waals surface area contributed by atoms with Crippen molar-refractivity contribution in [3.63, 3.8) is 0 Å². The Bertz CT molecular complexity index is 926. The van der Waals surface area contributed by atoms with Crippen molar-refractivity contribution in [2.45, 2.75) is 6.92 Å². The Morgan fingerprint density at radius 3 is 2.30 bits per heavy atom. The SMILES string of the molecule is Cc1cccc(NC(=O)CSCC(=O)Nc2cccc(-c3cnco3)c2)c1. The second kappa shape index (κ2) is 9.05. The van der Waals surface area contributed by atoms with Gasteiger partial charge in [-0.15, -0.1) is 11.8 Å². The summed E-state index contributed by atoms with van der Waals surface area (Å²) >= 11 is 1.26. The van der Waals surface area contributed by atoms with Gasteiger partial charge in [0.1, 0.15) is 0 Å². The van der Waals surface area contributed by atoms with Gasteiger partial charge in [0.05, 0.1) is 17.7 Å². The van der Waals surface area contributed by atoms with Crippen LogP contribution in [0.5, 0.6) is 0 Å². The number of anilines is 2. The van der Waals surface area contributed by atoms with Gasteiger partial charge in [0, 0.05) is 16.9 Å². The molecule has 3 rings (SSSR count). The predicted molar refractivity (Wildman–Crippen MR) is 108 cm³/mol. The van der Waals surface area contributed by atoms with Crippen LogP contribution in [-0.4, -0.2) is 28.3 Å². The van der Waals surface area contributed by atoms with Crippen molar-refractivity contribution in [1.29, 1.82) is 0 Å². The van der Waals surface area contributed by atoms with E-state index in [9.17, 15) is 9.59 Å². The van der Waals surface area contributed by atoms with Gasteiger partial charge in [-0.2, -0.15) is 0 Å². The molecule has 0 saturated carbocycles. The molecule has 0 atom stereocenters. The largest absolute Gasteiger partial charge is 0.444 e. The molecular formula is C20H19N3O3S. The highest BCUT2D eigenvalue weighted by atomic mass is 32.2. The number of carbonyl (C=O) groups excluding carboxylic acids is 2. The zero-order chi connectivity index (χ0) is 19.1. The quantitative estimate of drug-likeness (QED) is 0.647. The van der Waals surface area contributed by atoms with Crippen LogP contribution in [0.15, 0.2) is 65.5 Å². The number of aromatic nitrogens is 1. The van der Waals surface area contributed by atoms with Gasteiger partial charge >= 0.3 is 0 Å². The molecule has 0 aliphatic heterocycles. The van der Waals surface area contributed by atoms with Crippen molar-refractivity contribution in [1.82, 2.24) is 4.98 Å². The number of carbonyl (C=O) groups is 2. The van der Waals surface area contributed by atoms with E-state index in [1.807, 2.05) is 49.4 Å². The molecule has 0 saturated heterocycles.